The zero-order chi connectivity index (χ0) is 32.2. The van der Waals surface area contributed by atoms with Crippen molar-refractivity contribution in [1.29, 1.82) is 0 Å². The predicted octanol–water partition coefficient (Wildman–Crippen LogP) is 4.57. The second-order valence-corrected chi connectivity index (χ2v) is 12.6. The molecule has 10 nitrogen and oxygen atoms in total. The maximum atomic E-state index is 15.5. The van der Waals surface area contributed by atoms with Gasteiger partial charge >= 0.3 is 0 Å². The van der Waals surface area contributed by atoms with E-state index in [2.05, 4.69) is 34.9 Å². The van der Waals surface area contributed by atoms with Crippen molar-refractivity contribution in [1.82, 2.24) is 25.3 Å². The first-order valence-electron chi connectivity index (χ1n) is 15.7. The monoisotopic (exact) mass is 630 g/mol. The van der Waals surface area contributed by atoms with Gasteiger partial charge < -0.3 is 20.9 Å². The number of benzene rings is 1. The zero-order valence-corrected chi connectivity index (χ0v) is 27.3. The molecule has 242 valence electrons. The average Bonchev–Trinajstić information content (AvgIpc) is 3.52. The third-order valence-corrected chi connectivity index (χ3v) is 9.20. The molecule has 0 radical (unpaired) electrons. The molecule has 4 atom stereocenters. The fourth-order valence-corrected chi connectivity index (χ4v) is 6.04. The fraction of sp³-hybridized carbons (Fsp3) is 0.594. The molecular weight excluding hydrogens is 583 g/mol. The lowest BCUT2D eigenvalue weighted by atomic mass is 9.91. The van der Waals surface area contributed by atoms with Crippen molar-refractivity contribution in [2.45, 2.75) is 91.3 Å². The molecule has 1 aliphatic heterocycles. The van der Waals surface area contributed by atoms with Crippen LogP contribution in [0.25, 0.3) is 0 Å². The summed E-state index contributed by atoms with van der Waals surface area (Å²) in [5, 5.41) is 12.4. The largest absolute Gasteiger partial charge is 0.344 e. The van der Waals surface area contributed by atoms with Crippen LogP contribution >= 0.6 is 11.8 Å². The van der Waals surface area contributed by atoms with Gasteiger partial charge in [-0.05, 0) is 43.0 Å². The number of amides is 4. The lowest BCUT2D eigenvalue weighted by Crippen LogP contribution is -2.52. The summed E-state index contributed by atoms with van der Waals surface area (Å²) in [6.45, 7) is 11.3. The van der Waals surface area contributed by atoms with Crippen LogP contribution in [0.4, 0.5) is 10.1 Å². The number of aromatic nitrogens is 2. The van der Waals surface area contributed by atoms with Gasteiger partial charge in [-0.2, -0.15) is 16.9 Å². The Morgan fingerprint density at radius 1 is 1.02 bits per heavy atom. The fourth-order valence-electron chi connectivity index (χ4n) is 5.14. The third-order valence-electron chi connectivity index (χ3n) is 8.26. The maximum absolute atomic E-state index is 15.5. The maximum Gasteiger partial charge on any atom is 0.270 e. The Labute approximate surface area is 264 Å². The SMILES string of the molecule is CCC(=O)N[C@@H](C(=O)N1CCSCC1)C(C)c1ccc(NC(=O)C(CCCC(C)CC)NC(=O)c2ccnn2CC)c(F)c1. The van der Waals surface area contributed by atoms with Gasteiger partial charge in [0, 0.05) is 49.7 Å². The molecule has 1 saturated heterocycles. The summed E-state index contributed by atoms with van der Waals surface area (Å²) in [4.78, 5) is 53.9. The first-order valence-corrected chi connectivity index (χ1v) is 16.8. The first kappa shape index (κ1) is 35.1. The molecular formula is C32H47FN6O4S. The Bertz CT molecular complexity index is 1280. The van der Waals surface area contributed by atoms with E-state index >= 15 is 4.39 Å². The van der Waals surface area contributed by atoms with E-state index < -0.39 is 35.6 Å². The Kier molecular flexibility index (Phi) is 13.7. The van der Waals surface area contributed by atoms with Crippen LogP contribution in [0.5, 0.6) is 0 Å². The summed E-state index contributed by atoms with van der Waals surface area (Å²) in [6.07, 6.45) is 4.78. The van der Waals surface area contributed by atoms with E-state index in [1.807, 2.05) is 6.92 Å². The summed E-state index contributed by atoms with van der Waals surface area (Å²) in [5.41, 5.74) is 0.839. The van der Waals surface area contributed by atoms with Crippen molar-refractivity contribution in [3.05, 3.63) is 47.5 Å². The van der Waals surface area contributed by atoms with E-state index in [4.69, 9.17) is 0 Å². The number of anilines is 1. The van der Waals surface area contributed by atoms with E-state index in [1.54, 1.807) is 47.3 Å². The number of rotatable bonds is 15. The molecule has 12 heteroatoms. The van der Waals surface area contributed by atoms with Crippen molar-refractivity contribution in [2.24, 2.45) is 5.92 Å². The number of hydrogen-bond acceptors (Lipinski definition) is 6. The minimum atomic E-state index is -0.876. The Morgan fingerprint density at radius 2 is 1.75 bits per heavy atom. The number of nitrogens with one attached hydrogen (secondary N) is 3. The number of halogens is 1. The molecule has 3 unspecified atom stereocenters. The molecule has 0 aliphatic carbocycles. The van der Waals surface area contributed by atoms with Gasteiger partial charge in [-0.15, -0.1) is 0 Å². The molecule has 4 amide bonds. The molecule has 0 bridgehead atoms. The van der Waals surface area contributed by atoms with Crippen LogP contribution in [0.1, 0.15) is 88.7 Å². The molecule has 0 spiro atoms. The van der Waals surface area contributed by atoms with Crippen LogP contribution in [-0.4, -0.2) is 75.0 Å². The van der Waals surface area contributed by atoms with Crippen molar-refractivity contribution < 1.29 is 23.6 Å². The second-order valence-electron chi connectivity index (χ2n) is 11.4. The molecule has 2 aromatic rings. The highest BCUT2D eigenvalue weighted by Gasteiger charge is 2.32. The summed E-state index contributed by atoms with van der Waals surface area (Å²) in [5.74, 6) is -0.410. The van der Waals surface area contributed by atoms with Crippen LogP contribution in [0, 0.1) is 11.7 Å². The molecule has 1 fully saturated rings. The van der Waals surface area contributed by atoms with Crippen LogP contribution in [0.3, 0.4) is 0 Å². The summed E-state index contributed by atoms with van der Waals surface area (Å²) >= 11 is 1.78. The standard InChI is InChI=1S/C32H47FN6O4S/c1-6-21(4)10-9-11-26(36-31(42)27-14-15-34-39(27)8-3)30(41)35-25-13-12-23(20-24(25)33)22(5)29(37-28(40)7-2)32(43)38-16-18-44-19-17-38/h12-15,20-22,26,29H,6-11,16-19H2,1-5H3,(H,35,41)(H,36,42)(H,37,40)/t21?,22?,26?,29-/m1/s1. The average molecular weight is 631 g/mol. The van der Waals surface area contributed by atoms with Crippen molar-refractivity contribution in [2.75, 3.05) is 29.9 Å². The van der Waals surface area contributed by atoms with Gasteiger partial charge in [-0.25, -0.2) is 4.39 Å². The summed E-state index contributed by atoms with van der Waals surface area (Å²) in [7, 11) is 0. The minimum absolute atomic E-state index is 0.0285. The molecule has 1 aliphatic rings. The molecule has 44 heavy (non-hydrogen) atoms. The number of thioether (sulfide) groups is 1. The number of hydrogen-bond donors (Lipinski definition) is 3. The van der Waals surface area contributed by atoms with Crippen molar-refractivity contribution in [3.8, 4) is 0 Å². The van der Waals surface area contributed by atoms with Crippen molar-refractivity contribution in [3.63, 3.8) is 0 Å². The Balaban J connectivity index is 1.77. The lowest BCUT2D eigenvalue weighted by molar-refractivity contribution is -0.136. The highest BCUT2D eigenvalue weighted by molar-refractivity contribution is 7.99. The Morgan fingerprint density at radius 3 is 2.39 bits per heavy atom. The van der Waals surface area contributed by atoms with Crippen LogP contribution in [0.15, 0.2) is 30.5 Å². The van der Waals surface area contributed by atoms with Crippen LogP contribution in [-0.2, 0) is 20.9 Å². The highest BCUT2D eigenvalue weighted by Crippen LogP contribution is 2.26. The normalized spacial score (nSPS) is 16.0. The van der Waals surface area contributed by atoms with Gasteiger partial charge in [-0.3, -0.25) is 23.9 Å². The number of carbonyl (C=O) groups is 4. The van der Waals surface area contributed by atoms with Gasteiger partial charge in [-0.1, -0.05) is 53.0 Å². The minimum Gasteiger partial charge on any atom is -0.344 e. The van der Waals surface area contributed by atoms with E-state index in [9.17, 15) is 19.2 Å². The van der Waals surface area contributed by atoms with E-state index in [-0.39, 0.29) is 23.9 Å². The van der Waals surface area contributed by atoms with E-state index in [0.29, 0.717) is 49.7 Å². The lowest BCUT2D eigenvalue weighted by Gasteiger charge is -2.33. The predicted molar refractivity (Wildman–Crippen MR) is 172 cm³/mol. The highest BCUT2D eigenvalue weighted by atomic mass is 32.2. The third kappa shape index (κ3) is 9.54. The smallest absolute Gasteiger partial charge is 0.270 e. The number of carbonyl (C=O) groups excluding carboxylic acids is 4. The van der Waals surface area contributed by atoms with Gasteiger partial charge in [0.2, 0.25) is 17.7 Å². The summed E-state index contributed by atoms with van der Waals surface area (Å²) in [6, 6.07) is 4.29. The molecule has 3 N–H and O–H groups in total. The Hall–Kier alpha value is -3.41. The van der Waals surface area contributed by atoms with Gasteiger partial charge in [0.1, 0.15) is 23.6 Å². The number of nitrogens with zero attached hydrogens (tertiary/aromatic N) is 3. The van der Waals surface area contributed by atoms with E-state index in [1.165, 1.54) is 18.3 Å². The molecule has 0 saturated carbocycles. The first-order chi connectivity index (χ1) is 21.1. The quantitative estimate of drug-likeness (QED) is 0.265. The van der Waals surface area contributed by atoms with E-state index in [0.717, 1.165) is 24.3 Å². The topological polar surface area (TPSA) is 125 Å². The van der Waals surface area contributed by atoms with Crippen molar-refractivity contribution >= 4 is 41.1 Å². The molecule has 1 aromatic heterocycles. The molecule has 1 aromatic carbocycles. The van der Waals surface area contributed by atoms with Crippen LogP contribution in [0.2, 0.25) is 0 Å². The van der Waals surface area contributed by atoms with Gasteiger partial charge in [0.25, 0.3) is 5.91 Å². The molecule has 2 heterocycles. The van der Waals surface area contributed by atoms with Crippen LogP contribution < -0.4 is 16.0 Å². The van der Waals surface area contributed by atoms with Gasteiger partial charge in [0.05, 0.1) is 5.69 Å². The van der Waals surface area contributed by atoms with Gasteiger partial charge in [0.15, 0.2) is 0 Å². The zero-order valence-electron chi connectivity index (χ0n) is 26.5. The number of aryl methyl sites for hydroxylation is 1. The molecule has 3 rings (SSSR count). The summed E-state index contributed by atoms with van der Waals surface area (Å²) < 4.78 is 17.0. The second kappa shape index (κ2) is 17.2.